The molecule has 5 nitrogen and oxygen atoms in total. The van der Waals surface area contributed by atoms with E-state index < -0.39 is 5.97 Å². The van der Waals surface area contributed by atoms with Crippen LogP contribution in [-0.2, 0) is 4.79 Å². The molecule has 0 atom stereocenters. The molecule has 0 fully saturated rings. The summed E-state index contributed by atoms with van der Waals surface area (Å²) < 4.78 is 5.30. The number of carbonyl (C=O) groups is 2. The number of esters is 1. The minimum Gasteiger partial charge on any atom is -0.422 e. The number of benzene rings is 2. The van der Waals surface area contributed by atoms with Crippen molar-refractivity contribution in [2.75, 3.05) is 5.32 Å². The number of nitrogens with zero attached hydrogens (tertiary/aromatic N) is 1. The van der Waals surface area contributed by atoms with Crippen molar-refractivity contribution in [3.8, 4) is 16.3 Å². The van der Waals surface area contributed by atoms with Crippen molar-refractivity contribution in [1.82, 2.24) is 4.98 Å². The number of aromatic nitrogens is 1. The quantitative estimate of drug-likeness (QED) is 0.535. The Hall–Kier alpha value is -2.70. The van der Waals surface area contributed by atoms with Gasteiger partial charge in [0.05, 0.1) is 0 Å². The van der Waals surface area contributed by atoms with Gasteiger partial charge < -0.3 is 10.1 Å². The zero-order valence-corrected chi connectivity index (χ0v) is 14.7. The maximum atomic E-state index is 12.2. The van der Waals surface area contributed by atoms with Crippen molar-refractivity contribution in [3.05, 3.63) is 64.6 Å². The fraction of sp³-hybridized carbons (Fsp3) is 0.0556. The lowest BCUT2D eigenvalue weighted by Gasteiger charge is -2.05. The molecule has 0 aliphatic rings. The van der Waals surface area contributed by atoms with Crippen LogP contribution in [0.4, 0.5) is 5.69 Å². The number of amides is 1. The van der Waals surface area contributed by atoms with Crippen LogP contribution in [0.5, 0.6) is 5.75 Å². The van der Waals surface area contributed by atoms with Crippen molar-refractivity contribution >= 4 is 40.5 Å². The first kappa shape index (κ1) is 17.1. The van der Waals surface area contributed by atoms with Gasteiger partial charge in [-0.3, -0.25) is 4.79 Å². The van der Waals surface area contributed by atoms with Crippen LogP contribution in [0.1, 0.15) is 17.4 Å². The Kier molecular flexibility index (Phi) is 5.11. The van der Waals surface area contributed by atoms with E-state index in [4.69, 9.17) is 16.3 Å². The number of thiazole rings is 1. The number of halogens is 1. The fourth-order valence-electron chi connectivity index (χ4n) is 2.09. The van der Waals surface area contributed by atoms with E-state index in [1.165, 1.54) is 18.3 Å². The zero-order valence-electron chi connectivity index (χ0n) is 13.2. The van der Waals surface area contributed by atoms with Crippen molar-refractivity contribution in [1.29, 1.82) is 0 Å². The maximum absolute atomic E-state index is 12.2. The second-order valence-corrected chi connectivity index (χ2v) is 6.44. The number of rotatable bonds is 4. The fourth-order valence-corrected chi connectivity index (χ4v) is 3.07. The molecule has 1 N–H and O–H groups in total. The molecule has 0 aliphatic heterocycles. The number of nitrogens with one attached hydrogen (secondary N) is 1. The third kappa shape index (κ3) is 4.43. The number of ether oxygens (including phenoxy) is 1. The summed E-state index contributed by atoms with van der Waals surface area (Å²) >= 11 is 7.32. The molecule has 0 saturated carbocycles. The van der Waals surface area contributed by atoms with Gasteiger partial charge in [-0.25, -0.2) is 9.78 Å². The van der Waals surface area contributed by atoms with Gasteiger partial charge in [0.25, 0.3) is 0 Å². The van der Waals surface area contributed by atoms with Gasteiger partial charge in [0.2, 0.25) is 5.91 Å². The second kappa shape index (κ2) is 7.46. The first-order valence-corrected chi connectivity index (χ1v) is 8.58. The Morgan fingerprint density at radius 3 is 2.60 bits per heavy atom. The minimum atomic E-state index is -0.545. The summed E-state index contributed by atoms with van der Waals surface area (Å²) in [6, 6.07) is 13.8. The molecule has 7 heteroatoms. The van der Waals surface area contributed by atoms with E-state index in [1.807, 2.05) is 12.1 Å². The van der Waals surface area contributed by atoms with Gasteiger partial charge in [-0.2, -0.15) is 0 Å². The van der Waals surface area contributed by atoms with Gasteiger partial charge in [-0.05, 0) is 36.4 Å². The molecule has 3 rings (SSSR count). The first-order valence-electron chi connectivity index (χ1n) is 7.32. The topological polar surface area (TPSA) is 68.3 Å². The Labute approximate surface area is 153 Å². The predicted molar refractivity (Wildman–Crippen MR) is 98.3 cm³/mol. The van der Waals surface area contributed by atoms with E-state index in [0.29, 0.717) is 21.5 Å². The lowest BCUT2D eigenvalue weighted by molar-refractivity contribution is -0.114. The van der Waals surface area contributed by atoms with Crippen molar-refractivity contribution in [2.24, 2.45) is 0 Å². The molecular formula is C18H13ClN2O3S. The Balaban J connectivity index is 1.70. The number of hydrogen-bond acceptors (Lipinski definition) is 5. The van der Waals surface area contributed by atoms with Gasteiger partial charge in [0, 0.05) is 28.6 Å². The van der Waals surface area contributed by atoms with Crippen LogP contribution >= 0.6 is 22.9 Å². The molecular weight excluding hydrogens is 360 g/mol. The molecule has 0 saturated heterocycles. The average molecular weight is 373 g/mol. The molecule has 0 spiro atoms. The van der Waals surface area contributed by atoms with E-state index >= 15 is 0 Å². The van der Waals surface area contributed by atoms with Crippen LogP contribution in [0, 0.1) is 0 Å². The van der Waals surface area contributed by atoms with Gasteiger partial charge in [0.15, 0.2) is 5.69 Å². The van der Waals surface area contributed by atoms with Crippen LogP contribution < -0.4 is 10.1 Å². The summed E-state index contributed by atoms with van der Waals surface area (Å²) in [6.45, 7) is 1.42. The molecule has 3 aromatic rings. The van der Waals surface area contributed by atoms with Gasteiger partial charge in [-0.1, -0.05) is 23.7 Å². The van der Waals surface area contributed by atoms with Crippen molar-refractivity contribution in [3.63, 3.8) is 0 Å². The summed E-state index contributed by atoms with van der Waals surface area (Å²) in [6.07, 6.45) is 0. The van der Waals surface area contributed by atoms with Crippen molar-refractivity contribution < 1.29 is 14.3 Å². The molecule has 1 amide bonds. The largest absolute Gasteiger partial charge is 0.422 e. The van der Waals surface area contributed by atoms with Crippen LogP contribution in [0.2, 0.25) is 5.02 Å². The number of anilines is 1. The Bertz CT molecular complexity index is 922. The highest BCUT2D eigenvalue weighted by molar-refractivity contribution is 7.13. The molecule has 1 aromatic heterocycles. The van der Waals surface area contributed by atoms with E-state index in [1.54, 1.807) is 41.8 Å². The highest BCUT2D eigenvalue weighted by atomic mass is 35.5. The van der Waals surface area contributed by atoms with Gasteiger partial charge >= 0.3 is 5.97 Å². The van der Waals surface area contributed by atoms with Gasteiger partial charge in [0.1, 0.15) is 10.8 Å². The van der Waals surface area contributed by atoms with Crippen LogP contribution in [0.25, 0.3) is 10.6 Å². The number of hydrogen-bond donors (Lipinski definition) is 1. The highest BCUT2D eigenvalue weighted by Gasteiger charge is 2.14. The summed E-state index contributed by atoms with van der Waals surface area (Å²) in [4.78, 5) is 27.5. The maximum Gasteiger partial charge on any atom is 0.363 e. The average Bonchev–Trinajstić information content (AvgIpc) is 3.06. The molecule has 1 heterocycles. The summed E-state index contributed by atoms with van der Waals surface area (Å²) in [5.41, 5.74) is 1.70. The van der Waals surface area contributed by atoms with Crippen LogP contribution in [-0.4, -0.2) is 16.9 Å². The summed E-state index contributed by atoms with van der Waals surface area (Å²) in [5.74, 6) is -0.339. The molecule has 0 unspecified atom stereocenters. The normalized spacial score (nSPS) is 10.3. The SMILES string of the molecule is CC(=O)Nc1ccc(OC(=O)c2csc(-c3cccc(Cl)c3)n2)cc1. The molecule has 25 heavy (non-hydrogen) atoms. The van der Waals surface area contributed by atoms with Crippen molar-refractivity contribution in [2.45, 2.75) is 6.92 Å². The third-order valence-corrected chi connectivity index (χ3v) is 4.30. The van der Waals surface area contributed by atoms with Crippen LogP contribution in [0.15, 0.2) is 53.9 Å². The lowest BCUT2D eigenvalue weighted by Crippen LogP contribution is -2.09. The van der Waals surface area contributed by atoms with Crippen LogP contribution in [0.3, 0.4) is 0 Å². The van der Waals surface area contributed by atoms with E-state index in [9.17, 15) is 9.59 Å². The van der Waals surface area contributed by atoms with E-state index in [2.05, 4.69) is 10.3 Å². The molecule has 0 bridgehead atoms. The Morgan fingerprint density at radius 1 is 1.16 bits per heavy atom. The number of carbonyl (C=O) groups excluding carboxylic acids is 2. The lowest BCUT2D eigenvalue weighted by atomic mass is 10.2. The molecule has 2 aromatic carbocycles. The van der Waals surface area contributed by atoms with E-state index in [-0.39, 0.29) is 11.6 Å². The van der Waals surface area contributed by atoms with E-state index in [0.717, 1.165) is 5.56 Å². The minimum absolute atomic E-state index is 0.166. The zero-order chi connectivity index (χ0) is 17.8. The summed E-state index contributed by atoms with van der Waals surface area (Å²) in [5, 5.41) is 5.58. The highest BCUT2D eigenvalue weighted by Crippen LogP contribution is 2.26. The first-order chi connectivity index (χ1) is 12.0. The molecule has 126 valence electrons. The van der Waals surface area contributed by atoms with Gasteiger partial charge in [-0.15, -0.1) is 11.3 Å². The molecule has 0 aliphatic carbocycles. The smallest absolute Gasteiger partial charge is 0.363 e. The third-order valence-electron chi connectivity index (χ3n) is 3.17. The summed E-state index contributed by atoms with van der Waals surface area (Å²) in [7, 11) is 0. The standard InChI is InChI=1S/C18H13ClN2O3S/c1-11(22)20-14-5-7-15(8-6-14)24-18(23)16-10-25-17(21-16)12-3-2-4-13(19)9-12/h2-10H,1H3,(H,20,22). The molecule has 0 radical (unpaired) electrons. The Morgan fingerprint density at radius 2 is 1.92 bits per heavy atom. The predicted octanol–water partition coefficient (Wildman–Crippen LogP) is 4.64. The second-order valence-electron chi connectivity index (χ2n) is 5.14. The monoisotopic (exact) mass is 372 g/mol.